The molecule has 0 aliphatic heterocycles. The van der Waals surface area contributed by atoms with Gasteiger partial charge in [-0.1, -0.05) is 30.3 Å². The highest BCUT2D eigenvalue weighted by atomic mass is 19.4. The van der Waals surface area contributed by atoms with Gasteiger partial charge in [-0.25, -0.2) is 4.68 Å². The van der Waals surface area contributed by atoms with Crippen LogP contribution < -0.4 is 10.1 Å². The Morgan fingerprint density at radius 1 is 0.875 bits per heavy atom. The maximum absolute atomic E-state index is 13.1. The van der Waals surface area contributed by atoms with Crippen LogP contribution in [0.3, 0.4) is 0 Å². The van der Waals surface area contributed by atoms with Gasteiger partial charge in [-0.15, -0.1) is 0 Å². The number of amides is 1. The quantitative estimate of drug-likeness (QED) is 0.223. The topological polar surface area (TPSA) is 61.1 Å². The fraction of sp³-hybridized carbons (Fsp3) is 0.161. The van der Waals surface area contributed by atoms with Crippen molar-refractivity contribution in [1.82, 2.24) is 14.3 Å². The SMILES string of the molecule is Cc1ccc(C)n1-c1ccnn1CCOc1ccc(NC(=O)c2ccccc2-c2ccc(C(F)(F)F)cc2)cc1. The fourth-order valence-corrected chi connectivity index (χ4v) is 4.57. The first-order chi connectivity index (χ1) is 19.2. The normalized spacial score (nSPS) is 11.4. The molecule has 1 N–H and O–H groups in total. The first kappa shape index (κ1) is 26.8. The molecule has 0 radical (unpaired) electrons. The minimum atomic E-state index is -4.42. The van der Waals surface area contributed by atoms with Gasteiger partial charge in [0.2, 0.25) is 0 Å². The van der Waals surface area contributed by atoms with Crippen molar-refractivity contribution in [2.24, 2.45) is 0 Å². The number of anilines is 1. The lowest BCUT2D eigenvalue weighted by Crippen LogP contribution is -2.14. The van der Waals surface area contributed by atoms with E-state index in [0.29, 0.717) is 41.3 Å². The summed E-state index contributed by atoms with van der Waals surface area (Å²) in [5.74, 6) is 1.24. The van der Waals surface area contributed by atoms with E-state index in [2.05, 4.69) is 41.0 Å². The Hall–Kier alpha value is -4.79. The van der Waals surface area contributed by atoms with Crippen molar-refractivity contribution in [3.8, 4) is 22.7 Å². The third kappa shape index (κ3) is 5.78. The minimum Gasteiger partial charge on any atom is -0.492 e. The molecular formula is C31H27F3N4O2. The van der Waals surface area contributed by atoms with E-state index in [1.165, 1.54) is 12.1 Å². The van der Waals surface area contributed by atoms with Crippen LogP contribution in [0.15, 0.2) is 97.2 Å². The van der Waals surface area contributed by atoms with E-state index >= 15 is 0 Å². The van der Waals surface area contributed by atoms with Crippen LogP contribution >= 0.6 is 0 Å². The van der Waals surface area contributed by atoms with E-state index in [1.54, 1.807) is 54.7 Å². The summed E-state index contributed by atoms with van der Waals surface area (Å²) in [7, 11) is 0. The molecule has 3 aromatic carbocycles. The van der Waals surface area contributed by atoms with Gasteiger partial charge in [-0.2, -0.15) is 18.3 Å². The average Bonchev–Trinajstić information content (AvgIpc) is 3.54. The highest BCUT2D eigenvalue weighted by Gasteiger charge is 2.30. The number of aromatic nitrogens is 3. The van der Waals surface area contributed by atoms with E-state index in [4.69, 9.17) is 4.74 Å². The molecule has 0 saturated heterocycles. The van der Waals surface area contributed by atoms with Crippen LogP contribution in [0.4, 0.5) is 18.9 Å². The highest BCUT2D eigenvalue weighted by Crippen LogP contribution is 2.32. The molecule has 9 heteroatoms. The number of halogens is 3. The number of rotatable bonds is 8. The fourth-order valence-electron chi connectivity index (χ4n) is 4.57. The number of alkyl halides is 3. The van der Waals surface area contributed by atoms with Gasteiger partial charge < -0.3 is 14.6 Å². The monoisotopic (exact) mass is 544 g/mol. The Morgan fingerprint density at radius 3 is 2.23 bits per heavy atom. The summed E-state index contributed by atoms with van der Waals surface area (Å²) in [5, 5.41) is 7.28. The first-order valence-corrected chi connectivity index (χ1v) is 12.7. The van der Waals surface area contributed by atoms with Gasteiger partial charge in [0.05, 0.1) is 18.3 Å². The molecule has 6 nitrogen and oxygen atoms in total. The van der Waals surface area contributed by atoms with Crippen LogP contribution in [0.2, 0.25) is 0 Å². The molecule has 0 aliphatic rings. The molecule has 0 fully saturated rings. The molecule has 40 heavy (non-hydrogen) atoms. The van der Waals surface area contributed by atoms with Crippen LogP contribution in [0.25, 0.3) is 16.9 Å². The van der Waals surface area contributed by atoms with Crippen molar-refractivity contribution in [3.05, 3.63) is 120 Å². The predicted octanol–water partition coefficient (Wildman–Crippen LogP) is 7.31. The van der Waals surface area contributed by atoms with E-state index < -0.39 is 11.7 Å². The summed E-state index contributed by atoms with van der Waals surface area (Å²) in [6.07, 6.45) is -2.66. The van der Waals surface area contributed by atoms with Crippen molar-refractivity contribution in [1.29, 1.82) is 0 Å². The lowest BCUT2D eigenvalue weighted by Gasteiger charge is -2.14. The average molecular weight is 545 g/mol. The summed E-state index contributed by atoms with van der Waals surface area (Å²) < 4.78 is 48.8. The second-order valence-corrected chi connectivity index (χ2v) is 9.31. The zero-order valence-electron chi connectivity index (χ0n) is 21.9. The van der Waals surface area contributed by atoms with E-state index in [-0.39, 0.29) is 5.91 Å². The highest BCUT2D eigenvalue weighted by molar-refractivity contribution is 6.08. The van der Waals surface area contributed by atoms with Gasteiger partial charge in [0.1, 0.15) is 18.2 Å². The molecular weight excluding hydrogens is 517 g/mol. The van der Waals surface area contributed by atoms with E-state index in [1.807, 2.05) is 10.7 Å². The number of aryl methyl sites for hydroxylation is 2. The number of hydrogen-bond acceptors (Lipinski definition) is 3. The molecule has 204 valence electrons. The van der Waals surface area contributed by atoms with Gasteiger partial charge in [0, 0.05) is 28.7 Å². The summed E-state index contributed by atoms with van der Waals surface area (Å²) in [6.45, 7) is 5.06. The molecule has 0 bridgehead atoms. The van der Waals surface area contributed by atoms with Crippen LogP contribution in [0, 0.1) is 13.8 Å². The molecule has 0 spiro atoms. The van der Waals surface area contributed by atoms with Gasteiger partial charge in [0.25, 0.3) is 5.91 Å². The lowest BCUT2D eigenvalue weighted by atomic mass is 9.98. The molecule has 2 heterocycles. The first-order valence-electron chi connectivity index (χ1n) is 12.7. The summed E-state index contributed by atoms with van der Waals surface area (Å²) in [6, 6.07) is 24.7. The summed E-state index contributed by atoms with van der Waals surface area (Å²) in [5.41, 5.74) is 3.48. The van der Waals surface area contributed by atoms with Gasteiger partial charge in [0.15, 0.2) is 0 Å². The number of carbonyl (C=O) groups excluding carboxylic acids is 1. The van der Waals surface area contributed by atoms with Crippen LogP contribution in [0.1, 0.15) is 27.3 Å². The minimum absolute atomic E-state index is 0.353. The molecule has 0 saturated carbocycles. The van der Waals surface area contributed by atoms with Crippen molar-refractivity contribution < 1.29 is 22.7 Å². The lowest BCUT2D eigenvalue weighted by molar-refractivity contribution is -0.137. The Bertz CT molecular complexity index is 1600. The standard InChI is InChI=1S/C31H27F3N4O2/c1-21-7-8-22(2)38(21)29-17-18-35-37(29)19-20-40-26-15-13-25(14-16-26)36-30(39)28-6-4-3-5-27(28)23-9-11-24(12-10-23)31(32,33)34/h3-18H,19-20H2,1-2H3,(H,36,39). The smallest absolute Gasteiger partial charge is 0.416 e. The maximum Gasteiger partial charge on any atom is 0.416 e. The molecule has 1 amide bonds. The number of ether oxygens (including phenoxy) is 1. The van der Waals surface area contributed by atoms with Crippen LogP contribution in [-0.4, -0.2) is 26.9 Å². The van der Waals surface area contributed by atoms with Gasteiger partial charge >= 0.3 is 6.18 Å². The predicted molar refractivity (Wildman–Crippen MR) is 148 cm³/mol. The van der Waals surface area contributed by atoms with Crippen molar-refractivity contribution in [2.75, 3.05) is 11.9 Å². The van der Waals surface area contributed by atoms with Gasteiger partial charge in [-0.3, -0.25) is 4.79 Å². The third-order valence-corrected chi connectivity index (χ3v) is 6.57. The molecule has 0 aliphatic carbocycles. The number of hydrogen-bond donors (Lipinski definition) is 1. The van der Waals surface area contributed by atoms with Crippen LogP contribution in [0.5, 0.6) is 5.75 Å². The summed E-state index contributed by atoms with van der Waals surface area (Å²) >= 11 is 0. The zero-order valence-corrected chi connectivity index (χ0v) is 21.9. The molecule has 0 unspecified atom stereocenters. The van der Waals surface area contributed by atoms with Gasteiger partial charge in [-0.05, 0) is 79.6 Å². The Morgan fingerprint density at radius 2 is 1.55 bits per heavy atom. The largest absolute Gasteiger partial charge is 0.492 e. The maximum atomic E-state index is 13.1. The molecule has 0 atom stereocenters. The molecule has 5 aromatic rings. The number of nitrogens with one attached hydrogen (secondary N) is 1. The second kappa shape index (κ2) is 11.1. The van der Waals surface area contributed by atoms with Crippen molar-refractivity contribution in [2.45, 2.75) is 26.6 Å². The van der Waals surface area contributed by atoms with Crippen molar-refractivity contribution in [3.63, 3.8) is 0 Å². The third-order valence-electron chi connectivity index (χ3n) is 6.57. The van der Waals surface area contributed by atoms with E-state index in [9.17, 15) is 18.0 Å². The Balaban J connectivity index is 1.21. The second-order valence-electron chi connectivity index (χ2n) is 9.31. The number of nitrogens with zero attached hydrogens (tertiary/aromatic N) is 3. The van der Waals surface area contributed by atoms with E-state index in [0.717, 1.165) is 29.3 Å². The summed E-state index contributed by atoms with van der Waals surface area (Å²) in [4.78, 5) is 13.1. The van der Waals surface area contributed by atoms with Crippen molar-refractivity contribution >= 4 is 11.6 Å². The zero-order chi connectivity index (χ0) is 28.3. The molecule has 5 rings (SSSR count). The number of carbonyl (C=O) groups is 1. The molecule has 2 aromatic heterocycles. The Kier molecular flexibility index (Phi) is 7.46. The van der Waals surface area contributed by atoms with Crippen LogP contribution in [-0.2, 0) is 12.7 Å². The number of benzene rings is 3. The Labute approximate surface area is 229 Å².